The van der Waals surface area contributed by atoms with Gasteiger partial charge in [-0.25, -0.2) is 0 Å². The zero-order chi connectivity index (χ0) is 15.5. The molecule has 0 bridgehead atoms. The van der Waals surface area contributed by atoms with Crippen LogP contribution >= 0.6 is 11.5 Å². The van der Waals surface area contributed by atoms with E-state index in [9.17, 15) is 0 Å². The fourth-order valence-electron chi connectivity index (χ4n) is 2.62. The Kier molecular flexibility index (Phi) is 9.85. The Bertz CT molecular complexity index is 363. The van der Waals surface area contributed by atoms with Crippen molar-refractivity contribution >= 4 is 11.5 Å². The predicted octanol–water partition coefficient (Wildman–Crippen LogP) is 5.45. The Hall–Kier alpha value is -0.480. The summed E-state index contributed by atoms with van der Waals surface area (Å²) >= 11 is 1.58. The minimum atomic E-state index is 0.452. The van der Waals surface area contributed by atoms with Crippen molar-refractivity contribution in [3.8, 4) is 0 Å². The largest absolute Gasteiger partial charge is 0.309 e. The Morgan fingerprint density at radius 1 is 1.00 bits per heavy atom. The summed E-state index contributed by atoms with van der Waals surface area (Å²) in [5.74, 6) is 0.467. The quantitative estimate of drug-likeness (QED) is 0.521. The van der Waals surface area contributed by atoms with Crippen LogP contribution < -0.4 is 5.32 Å². The predicted molar refractivity (Wildman–Crippen MR) is 93.0 cm³/mol. The van der Waals surface area contributed by atoms with Crippen LogP contribution in [0.1, 0.15) is 102 Å². The molecule has 0 fully saturated rings. The lowest BCUT2D eigenvalue weighted by molar-refractivity contribution is 0.467. The van der Waals surface area contributed by atoms with Gasteiger partial charge in [-0.3, -0.25) is 0 Å². The van der Waals surface area contributed by atoms with Gasteiger partial charge in [-0.15, -0.1) is 5.10 Å². The molecule has 0 radical (unpaired) electrons. The zero-order valence-electron chi connectivity index (χ0n) is 14.3. The SMILES string of the molecule is CCCCCCCCC(NCCC)c1snnc1C(C)C. The summed E-state index contributed by atoms with van der Waals surface area (Å²) in [5, 5.41) is 8.04. The molecule has 1 heterocycles. The molecule has 1 unspecified atom stereocenters. The summed E-state index contributed by atoms with van der Waals surface area (Å²) in [6.45, 7) is 10.00. The molecule has 0 aliphatic carbocycles. The topological polar surface area (TPSA) is 37.8 Å². The van der Waals surface area contributed by atoms with Crippen LogP contribution in [-0.4, -0.2) is 16.1 Å². The summed E-state index contributed by atoms with van der Waals surface area (Å²) < 4.78 is 4.19. The second kappa shape index (κ2) is 11.1. The Morgan fingerprint density at radius 3 is 2.38 bits per heavy atom. The molecule has 1 aromatic rings. The van der Waals surface area contributed by atoms with Gasteiger partial charge in [0.2, 0.25) is 0 Å². The molecule has 21 heavy (non-hydrogen) atoms. The second-order valence-corrected chi connectivity index (χ2v) is 7.03. The highest BCUT2D eigenvalue weighted by atomic mass is 32.1. The van der Waals surface area contributed by atoms with Gasteiger partial charge in [0.1, 0.15) is 0 Å². The van der Waals surface area contributed by atoms with Crippen LogP contribution in [0.15, 0.2) is 0 Å². The van der Waals surface area contributed by atoms with Gasteiger partial charge < -0.3 is 5.32 Å². The van der Waals surface area contributed by atoms with Gasteiger partial charge in [0.25, 0.3) is 0 Å². The first-order chi connectivity index (χ1) is 10.2. The molecule has 0 aromatic carbocycles. The highest BCUT2D eigenvalue weighted by Crippen LogP contribution is 2.29. The van der Waals surface area contributed by atoms with Crippen molar-refractivity contribution in [3.63, 3.8) is 0 Å². The number of nitrogens with one attached hydrogen (secondary N) is 1. The van der Waals surface area contributed by atoms with E-state index in [4.69, 9.17) is 0 Å². The minimum absolute atomic E-state index is 0.452. The van der Waals surface area contributed by atoms with E-state index >= 15 is 0 Å². The number of hydrogen-bond donors (Lipinski definition) is 1. The van der Waals surface area contributed by atoms with Crippen molar-refractivity contribution in [1.29, 1.82) is 0 Å². The first kappa shape index (κ1) is 18.6. The molecular formula is C17H33N3S. The summed E-state index contributed by atoms with van der Waals surface area (Å²) in [5.41, 5.74) is 1.19. The maximum Gasteiger partial charge on any atom is 0.0829 e. The van der Waals surface area contributed by atoms with Crippen LogP contribution in [0.5, 0.6) is 0 Å². The summed E-state index contributed by atoms with van der Waals surface area (Å²) in [6, 6.07) is 0.452. The van der Waals surface area contributed by atoms with Crippen LogP contribution in [0.3, 0.4) is 0 Å². The summed E-state index contributed by atoms with van der Waals surface area (Å²) in [4.78, 5) is 1.37. The number of hydrogen-bond acceptors (Lipinski definition) is 4. The maximum atomic E-state index is 4.34. The van der Waals surface area contributed by atoms with E-state index in [2.05, 4.69) is 42.6 Å². The molecule has 1 rings (SSSR count). The molecule has 0 saturated heterocycles. The van der Waals surface area contributed by atoms with Gasteiger partial charge in [-0.2, -0.15) is 0 Å². The van der Waals surface area contributed by atoms with E-state index in [0.29, 0.717) is 12.0 Å². The normalized spacial score (nSPS) is 13.0. The van der Waals surface area contributed by atoms with E-state index in [1.807, 2.05) is 0 Å². The van der Waals surface area contributed by atoms with Crippen molar-refractivity contribution in [2.75, 3.05) is 6.54 Å². The summed E-state index contributed by atoms with van der Waals surface area (Å²) in [7, 11) is 0. The second-order valence-electron chi connectivity index (χ2n) is 6.24. The van der Waals surface area contributed by atoms with Gasteiger partial charge in [0.15, 0.2) is 0 Å². The van der Waals surface area contributed by atoms with E-state index < -0.39 is 0 Å². The van der Waals surface area contributed by atoms with Crippen molar-refractivity contribution in [3.05, 3.63) is 10.6 Å². The van der Waals surface area contributed by atoms with Gasteiger partial charge in [0, 0.05) is 6.04 Å². The van der Waals surface area contributed by atoms with Crippen LogP contribution in [0.4, 0.5) is 0 Å². The molecule has 0 aliphatic rings. The molecule has 1 aromatic heterocycles. The van der Waals surface area contributed by atoms with Crippen molar-refractivity contribution in [2.24, 2.45) is 0 Å². The lowest BCUT2D eigenvalue weighted by Gasteiger charge is -2.18. The van der Waals surface area contributed by atoms with Crippen LogP contribution in [-0.2, 0) is 0 Å². The van der Waals surface area contributed by atoms with Gasteiger partial charge in [-0.05, 0) is 36.8 Å². The third kappa shape index (κ3) is 6.88. The average molecular weight is 312 g/mol. The molecule has 0 spiro atoms. The van der Waals surface area contributed by atoms with Crippen molar-refractivity contribution in [1.82, 2.24) is 14.9 Å². The molecule has 1 N–H and O–H groups in total. The van der Waals surface area contributed by atoms with Gasteiger partial charge in [-0.1, -0.05) is 70.7 Å². The number of rotatable bonds is 12. The Balaban J connectivity index is 2.49. The van der Waals surface area contributed by atoms with Crippen LogP contribution in [0.25, 0.3) is 0 Å². The molecule has 0 aliphatic heterocycles. The molecule has 0 amide bonds. The molecule has 0 saturated carbocycles. The third-order valence-corrected chi connectivity index (χ3v) is 4.74. The van der Waals surface area contributed by atoms with Gasteiger partial charge >= 0.3 is 0 Å². The molecule has 3 nitrogen and oxygen atoms in total. The minimum Gasteiger partial charge on any atom is -0.309 e. The molecule has 122 valence electrons. The average Bonchev–Trinajstić information content (AvgIpc) is 2.95. The van der Waals surface area contributed by atoms with Crippen molar-refractivity contribution in [2.45, 2.75) is 91.0 Å². The van der Waals surface area contributed by atoms with Crippen molar-refractivity contribution < 1.29 is 0 Å². The number of aromatic nitrogens is 2. The first-order valence-corrected chi connectivity index (χ1v) is 9.53. The number of nitrogens with zero attached hydrogens (tertiary/aromatic N) is 2. The monoisotopic (exact) mass is 311 g/mol. The molecule has 1 atom stereocenters. The summed E-state index contributed by atoms with van der Waals surface area (Å²) in [6.07, 6.45) is 10.5. The number of unbranched alkanes of at least 4 members (excludes halogenated alkanes) is 5. The Morgan fingerprint density at radius 2 is 1.71 bits per heavy atom. The third-order valence-electron chi connectivity index (χ3n) is 3.89. The smallest absolute Gasteiger partial charge is 0.0829 e. The fraction of sp³-hybridized carbons (Fsp3) is 0.882. The van der Waals surface area contributed by atoms with Crippen LogP contribution in [0.2, 0.25) is 0 Å². The standard InChI is InChI=1S/C17H33N3S/c1-5-7-8-9-10-11-12-15(18-13-6-2)17-16(14(3)4)19-20-21-17/h14-15,18H,5-13H2,1-4H3. The van der Waals surface area contributed by atoms with Crippen LogP contribution in [0, 0.1) is 0 Å². The van der Waals surface area contributed by atoms with Gasteiger partial charge in [0.05, 0.1) is 10.6 Å². The lowest BCUT2D eigenvalue weighted by Crippen LogP contribution is -2.22. The van der Waals surface area contributed by atoms with E-state index in [1.165, 1.54) is 61.9 Å². The maximum absolute atomic E-state index is 4.34. The van der Waals surface area contributed by atoms with E-state index in [0.717, 1.165) is 6.54 Å². The van der Waals surface area contributed by atoms with E-state index in [-0.39, 0.29) is 0 Å². The first-order valence-electron chi connectivity index (χ1n) is 8.76. The Labute approximate surface area is 135 Å². The molecule has 4 heteroatoms. The molecular weight excluding hydrogens is 278 g/mol. The fourth-order valence-corrected chi connectivity index (χ4v) is 3.53. The highest BCUT2D eigenvalue weighted by molar-refractivity contribution is 7.05. The van der Waals surface area contributed by atoms with E-state index in [1.54, 1.807) is 11.5 Å². The highest BCUT2D eigenvalue weighted by Gasteiger charge is 2.20. The zero-order valence-corrected chi connectivity index (χ0v) is 15.1. The lowest BCUT2D eigenvalue weighted by atomic mass is 10.0.